The molecule has 16 heavy (non-hydrogen) atoms. The number of hydrogen-bond donors (Lipinski definition) is 2. The Morgan fingerprint density at radius 1 is 1.50 bits per heavy atom. The molecule has 2 heterocycles. The number of rotatable bonds is 2. The second-order valence-electron chi connectivity index (χ2n) is 3.49. The molecule has 6 heteroatoms. The number of nitrogen functional groups attached to an aromatic ring is 1. The number of nitrogens with two attached hydrogens (primary N) is 1. The molecule has 2 rings (SSSR count). The Kier molecular flexibility index (Phi) is 3.19. The Labute approximate surface area is 93.6 Å². The van der Waals surface area contributed by atoms with E-state index in [1.165, 1.54) is 6.20 Å². The summed E-state index contributed by atoms with van der Waals surface area (Å²) in [5, 5.41) is 10.9. The lowest BCUT2D eigenvalue weighted by atomic mass is 10.2. The van der Waals surface area contributed by atoms with Gasteiger partial charge in [0.25, 0.3) is 0 Å². The Balaban J connectivity index is 2.11. The smallest absolute Gasteiger partial charge is 0.158 e. The summed E-state index contributed by atoms with van der Waals surface area (Å²) in [6.45, 7) is 2.92. The average molecular weight is 219 g/mol. The molecule has 1 aromatic heterocycles. The fourth-order valence-electron chi connectivity index (χ4n) is 1.48. The lowest BCUT2D eigenvalue weighted by Gasteiger charge is -2.27. The molecule has 0 aromatic carbocycles. The lowest BCUT2D eigenvalue weighted by Crippen LogP contribution is -2.40. The second-order valence-corrected chi connectivity index (χ2v) is 3.49. The van der Waals surface area contributed by atoms with E-state index in [9.17, 15) is 0 Å². The molecular weight excluding hydrogens is 206 g/mol. The van der Waals surface area contributed by atoms with Gasteiger partial charge in [-0.05, 0) is 6.07 Å². The zero-order chi connectivity index (χ0) is 11.4. The molecule has 6 nitrogen and oxygen atoms in total. The van der Waals surface area contributed by atoms with Crippen molar-refractivity contribution in [1.82, 2.24) is 9.99 Å². The normalized spacial score (nSPS) is 16.7. The Morgan fingerprint density at radius 2 is 2.25 bits per heavy atom. The number of ether oxygens (including phenoxy) is 1. The Bertz CT molecular complexity index is 408. The van der Waals surface area contributed by atoms with Crippen LogP contribution in [0.1, 0.15) is 5.56 Å². The molecule has 1 aliphatic rings. The Morgan fingerprint density at radius 3 is 2.94 bits per heavy atom. The molecule has 0 spiro atoms. The average Bonchev–Trinajstić information content (AvgIpc) is 2.33. The molecule has 0 amide bonds. The van der Waals surface area contributed by atoms with Gasteiger partial charge in [0.15, 0.2) is 5.82 Å². The van der Waals surface area contributed by atoms with Gasteiger partial charge >= 0.3 is 0 Å². The van der Waals surface area contributed by atoms with Gasteiger partial charge < -0.3 is 15.9 Å². The molecule has 0 bridgehead atoms. The first kappa shape index (κ1) is 10.7. The predicted molar refractivity (Wildman–Crippen MR) is 59.4 cm³/mol. The third-order valence-corrected chi connectivity index (χ3v) is 2.30. The van der Waals surface area contributed by atoms with Crippen molar-refractivity contribution in [2.24, 2.45) is 0 Å². The van der Waals surface area contributed by atoms with Crippen molar-refractivity contribution < 1.29 is 4.74 Å². The second kappa shape index (κ2) is 4.79. The number of pyridine rings is 1. The van der Waals surface area contributed by atoms with E-state index in [1.54, 1.807) is 6.07 Å². The zero-order valence-electron chi connectivity index (χ0n) is 8.81. The van der Waals surface area contributed by atoms with Crippen molar-refractivity contribution in [3.05, 3.63) is 17.8 Å². The van der Waals surface area contributed by atoms with Gasteiger partial charge in [-0.15, -0.1) is 0 Å². The van der Waals surface area contributed by atoms with Gasteiger partial charge in [0, 0.05) is 13.1 Å². The summed E-state index contributed by atoms with van der Waals surface area (Å²) in [5.41, 5.74) is 9.59. The Hall–Kier alpha value is -1.84. The van der Waals surface area contributed by atoms with Crippen LogP contribution < -0.4 is 11.2 Å². The first-order valence-corrected chi connectivity index (χ1v) is 5.04. The molecule has 3 N–H and O–H groups in total. The standard InChI is InChI=1S/C10H13N5O/c11-6-8-5-9(12)7-13-10(8)14-15-1-3-16-4-2-15/h5,7H,1-4,12H2,(H,13,14). The minimum absolute atomic E-state index is 0.450. The molecule has 1 saturated heterocycles. The van der Waals surface area contributed by atoms with Crippen LogP contribution in [0, 0.1) is 11.3 Å². The lowest BCUT2D eigenvalue weighted by molar-refractivity contribution is 0.0495. The van der Waals surface area contributed by atoms with Crippen LogP contribution in [0.4, 0.5) is 11.5 Å². The number of nitriles is 1. The molecule has 84 valence electrons. The number of nitrogens with one attached hydrogen (secondary N) is 1. The summed E-state index contributed by atoms with van der Waals surface area (Å²) < 4.78 is 5.23. The van der Waals surface area contributed by atoms with E-state index < -0.39 is 0 Å². The van der Waals surface area contributed by atoms with Gasteiger partial charge in [-0.2, -0.15) is 5.26 Å². The first-order valence-electron chi connectivity index (χ1n) is 5.04. The SMILES string of the molecule is N#Cc1cc(N)cnc1NN1CCOCC1. The number of nitrogens with zero attached hydrogens (tertiary/aromatic N) is 3. The monoisotopic (exact) mass is 219 g/mol. The minimum Gasteiger partial charge on any atom is -0.397 e. The quantitative estimate of drug-likeness (QED) is 0.738. The highest BCUT2D eigenvalue weighted by molar-refractivity contribution is 5.56. The topological polar surface area (TPSA) is 87.2 Å². The van der Waals surface area contributed by atoms with Crippen LogP contribution in [-0.2, 0) is 4.74 Å². The summed E-state index contributed by atoms with van der Waals surface area (Å²) >= 11 is 0. The fraction of sp³-hybridized carbons (Fsp3) is 0.400. The van der Waals surface area contributed by atoms with Gasteiger partial charge in [0.2, 0.25) is 0 Å². The van der Waals surface area contributed by atoms with Gasteiger partial charge in [0.1, 0.15) is 6.07 Å². The van der Waals surface area contributed by atoms with Crippen molar-refractivity contribution in [3.8, 4) is 6.07 Å². The van der Waals surface area contributed by atoms with Crippen LogP contribution in [0.3, 0.4) is 0 Å². The molecule has 0 saturated carbocycles. The maximum atomic E-state index is 8.94. The largest absolute Gasteiger partial charge is 0.397 e. The number of hydrazine groups is 1. The summed E-state index contributed by atoms with van der Waals surface area (Å²) in [6, 6.07) is 3.67. The van der Waals surface area contributed by atoms with Crippen molar-refractivity contribution in [2.75, 3.05) is 37.5 Å². The first-order chi connectivity index (χ1) is 7.79. The van der Waals surface area contributed by atoms with E-state index in [-0.39, 0.29) is 0 Å². The zero-order valence-corrected chi connectivity index (χ0v) is 8.81. The summed E-state index contributed by atoms with van der Waals surface area (Å²) in [5.74, 6) is 0.540. The van der Waals surface area contributed by atoms with Crippen molar-refractivity contribution in [2.45, 2.75) is 0 Å². The molecule has 0 unspecified atom stereocenters. The van der Waals surface area contributed by atoms with E-state index >= 15 is 0 Å². The predicted octanol–water partition coefficient (Wildman–Crippen LogP) is 0.195. The maximum absolute atomic E-state index is 8.94. The number of aromatic nitrogens is 1. The molecule has 0 radical (unpaired) electrons. The fourth-order valence-corrected chi connectivity index (χ4v) is 1.48. The highest BCUT2D eigenvalue weighted by Gasteiger charge is 2.12. The van der Waals surface area contributed by atoms with E-state index in [0.717, 1.165) is 13.1 Å². The number of morpholine rings is 1. The van der Waals surface area contributed by atoms with Gasteiger partial charge in [-0.25, -0.2) is 9.99 Å². The van der Waals surface area contributed by atoms with Gasteiger partial charge in [-0.3, -0.25) is 0 Å². The molecule has 0 atom stereocenters. The van der Waals surface area contributed by atoms with Crippen molar-refractivity contribution >= 4 is 11.5 Å². The molecular formula is C10H13N5O. The van der Waals surface area contributed by atoms with E-state index in [2.05, 4.69) is 16.5 Å². The van der Waals surface area contributed by atoms with Crippen LogP contribution in [0.5, 0.6) is 0 Å². The summed E-state index contributed by atoms with van der Waals surface area (Å²) in [6.07, 6.45) is 1.53. The summed E-state index contributed by atoms with van der Waals surface area (Å²) in [4.78, 5) is 4.10. The molecule has 1 aliphatic heterocycles. The van der Waals surface area contributed by atoms with Crippen molar-refractivity contribution in [1.29, 1.82) is 5.26 Å². The van der Waals surface area contributed by atoms with Crippen molar-refractivity contribution in [3.63, 3.8) is 0 Å². The molecule has 1 fully saturated rings. The molecule has 0 aliphatic carbocycles. The van der Waals surface area contributed by atoms with E-state index in [4.69, 9.17) is 15.7 Å². The number of hydrogen-bond acceptors (Lipinski definition) is 6. The third-order valence-electron chi connectivity index (χ3n) is 2.30. The number of anilines is 2. The highest BCUT2D eigenvalue weighted by Crippen LogP contribution is 2.15. The van der Waals surface area contributed by atoms with Crippen LogP contribution in [-0.4, -0.2) is 36.3 Å². The third kappa shape index (κ3) is 2.39. The van der Waals surface area contributed by atoms with E-state index in [1.807, 2.05) is 5.01 Å². The van der Waals surface area contributed by atoms with Crippen LogP contribution in [0.25, 0.3) is 0 Å². The van der Waals surface area contributed by atoms with E-state index in [0.29, 0.717) is 30.3 Å². The van der Waals surface area contributed by atoms with Crippen LogP contribution in [0.2, 0.25) is 0 Å². The highest BCUT2D eigenvalue weighted by atomic mass is 16.5. The van der Waals surface area contributed by atoms with Gasteiger partial charge in [-0.1, -0.05) is 0 Å². The van der Waals surface area contributed by atoms with Crippen LogP contribution in [0.15, 0.2) is 12.3 Å². The van der Waals surface area contributed by atoms with Crippen LogP contribution >= 0.6 is 0 Å². The van der Waals surface area contributed by atoms with Gasteiger partial charge in [0.05, 0.1) is 30.7 Å². The summed E-state index contributed by atoms with van der Waals surface area (Å²) in [7, 11) is 0. The minimum atomic E-state index is 0.450. The molecule has 1 aromatic rings. The maximum Gasteiger partial charge on any atom is 0.158 e.